The van der Waals surface area contributed by atoms with Crippen LogP contribution in [-0.4, -0.2) is 73.0 Å². The molecule has 114 valence electrons. The van der Waals surface area contributed by atoms with Crippen molar-refractivity contribution < 1.29 is 9.84 Å². The highest BCUT2D eigenvalue weighted by Gasteiger charge is 2.23. The normalized spacial score (nSPS) is 20.4. The van der Waals surface area contributed by atoms with Crippen molar-refractivity contribution in [3.63, 3.8) is 0 Å². The highest BCUT2D eigenvalue weighted by molar-refractivity contribution is 4.79. The standard InChI is InChI=1S/C15H32N2O2/c1-5-8-17-9-6-14(7-10-17)16(4)11-15(18)12-19-13(2)3/h13-15,18H,5-12H2,1-4H3. The number of nitrogens with zero attached hydrogens (tertiary/aromatic N) is 2. The van der Waals surface area contributed by atoms with E-state index in [9.17, 15) is 5.11 Å². The van der Waals surface area contributed by atoms with Crippen LogP contribution < -0.4 is 0 Å². The van der Waals surface area contributed by atoms with E-state index in [0.717, 1.165) is 0 Å². The van der Waals surface area contributed by atoms with Crippen LogP contribution >= 0.6 is 0 Å². The fraction of sp³-hybridized carbons (Fsp3) is 1.00. The molecule has 1 aliphatic rings. The molecular weight excluding hydrogens is 240 g/mol. The van der Waals surface area contributed by atoms with Crippen LogP contribution in [0.1, 0.15) is 40.0 Å². The van der Waals surface area contributed by atoms with E-state index < -0.39 is 0 Å². The summed E-state index contributed by atoms with van der Waals surface area (Å²) in [4.78, 5) is 4.85. The van der Waals surface area contributed by atoms with Gasteiger partial charge in [0.1, 0.15) is 0 Å². The van der Waals surface area contributed by atoms with E-state index in [1.807, 2.05) is 13.8 Å². The van der Waals surface area contributed by atoms with Gasteiger partial charge in [-0.05, 0) is 59.8 Å². The minimum Gasteiger partial charge on any atom is -0.389 e. The van der Waals surface area contributed by atoms with Gasteiger partial charge < -0.3 is 19.6 Å². The second-order valence-electron chi connectivity index (χ2n) is 6.05. The Labute approximate surface area is 118 Å². The number of likely N-dealkylation sites (N-methyl/N-ethyl adjacent to an activating group) is 1. The highest BCUT2D eigenvalue weighted by atomic mass is 16.5. The summed E-state index contributed by atoms with van der Waals surface area (Å²) in [6, 6.07) is 0.613. The largest absolute Gasteiger partial charge is 0.389 e. The van der Waals surface area contributed by atoms with Crippen LogP contribution in [0.4, 0.5) is 0 Å². The number of aliphatic hydroxyl groups excluding tert-OH is 1. The van der Waals surface area contributed by atoms with E-state index >= 15 is 0 Å². The minimum atomic E-state index is -0.374. The molecule has 0 aliphatic carbocycles. The number of rotatable bonds is 8. The molecule has 1 aliphatic heterocycles. The summed E-state index contributed by atoms with van der Waals surface area (Å²) in [7, 11) is 2.12. The Hall–Kier alpha value is -0.160. The van der Waals surface area contributed by atoms with Gasteiger partial charge in [0.2, 0.25) is 0 Å². The Morgan fingerprint density at radius 3 is 2.47 bits per heavy atom. The fourth-order valence-corrected chi connectivity index (χ4v) is 2.74. The lowest BCUT2D eigenvalue weighted by atomic mass is 10.0. The van der Waals surface area contributed by atoms with Gasteiger partial charge in [-0.15, -0.1) is 0 Å². The molecule has 1 fully saturated rings. The summed E-state index contributed by atoms with van der Waals surface area (Å²) in [5.41, 5.74) is 0. The minimum absolute atomic E-state index is 0.192. The highest BCUT2D eigenvalue weighted by Crippen LogP contribution is 2.15. The van der Waals surface area contributed by atoms with Gasteiger partial charge in [0.05, 0.1) is 18.8 Å². The number of hydrogen-bond acceptors (Lipinski definition) is 4. The molecular formula is C15H32N2O2. The lowest BCUT2D eigenvalue weighted by Gasteiger charge is -2.37. The molecule has 0 radical (unpaired) electrons. The molecule has 0 amide bonds. The molecule has 0 spiro atoms. The van der Waals surface area contributed by atoms with Crippen LogP contribution in [0, 0.1) is 0 Å². The fourth-order valence-electron chi connectivity index (χ4n) is 2.74. The number of piperidine rings is 1. The first-order chi connectivity index (χ1) is 9.02. The molecule has 0 aromatic rings. The van der Waals surface area contributed by atoms with Gasteiger partial charge in [-0.25, -0.2) is 0 Å². The monoisotopic (exact) mass is 272 g/mol. The molecule has 1 atom stereocenters. The topological polar surface area (TPSA) is 35.9 Å². The van der Waals surface area contributed by atoms with Gasteiger partial charge in [0, 0.05) is 12.6 Å². The average molecular weight is 272 g/mol. The van der Waals surface area contributed by atoms with E-state index in [0.29, 0.717) is 19.2 Å². The van der Waals surface area contributed by atoms with Gasteiger partial charge in [-0.2, -0.15) is 0 Å². The maximum Gasteiger partial charge on any atom is 0.0900 e. The molecule has 1 N–H and O–H groups in total. The van der Waals surface area contributed by atoms with Crippen LogP contribution in [0.25, 0.3) is 0 Å². The maximum absolute atomic E-state index is 9.96. The molecule has 4 nitrogen and oxygen atoms in total. The van der Waals surface area contributed by atoms with E-state index in [2.05, 4.69) is 23.8 Å². The third-order valence-corrected chi connectivity index (χ3v) is 3.84. The van der Waals surface area contributed by atoms with Gasteiger partial charge in [0.15, 0.2) is 0 Å². The molecule has 1 unspecified atom stereocenters. The average Bonchev–Trinajstić information content (AvgIpc) is 2.37. The Bertz CT molecular complexity index is 228. The summed E-state index contributed by atoms with van der Waals surface area (Å²) in [6.07, 6.45) is 3.49. The van der Waals surface area contributed by atoms with E-state index in [-0.39, 0.29) is 12.2 Å². The quantitative estimate of drug-likeness (QED) is 0.728. The molecule has 4 heteroatoms. The molecule has 0 aromatic heterocycles. The molecule has 1 rings (SSSR count). The number of likely N-dealkylation sites (tertiary alicyclic amines) is 1. The zero-order valence-electron chi connectivity index (χ0n) is 13.1. The van der Waals surface area contributed by atoms with Crippen molar-refractivity contribution in [1.29, 1.82) is 0 Å². The third-order valence-electron chi connectivity index (χ3n) is 3.84. The van der Waals surface area contributed by atoms with E-state index in [1.54, 1.807) is 0 Å². The Morgan fingerprint density at radius 2 is 1.95 bits per heavy atom. The Morgan fingerprint density at radius 1 is 1.32 bits per heavy atom. The first kappa shape index (κ1) is 16.9. The first-order valence-corrected chi connectivity index (χ1v) is 7.75. The van der Waals surface area contributed by atoms with Crippen molar-refractivity contribution in [2.45, 2.75) is 58.3 Å². The molecule has 0 aromatic carbocycles. The van der Waals surface area contributed by atoms with Crippen molar-refractivity contribution >= 4 is 0 Å². The Balaban J connectivity index is 2.21. The summed E-state index contributed by atoms with van der Waals surface area (Å²) >= 11 is 0. The van der Waals surface area contributed by atoms with Crippen LogP contribution in [0.3, 0.4) is 0 Å². The van der Waals surface area contributed by atoms with Crippen molar-refractivity contribution in [3.05, 3.63) is 0 Å². The first-order valence-electron chi connectivity index (χ1n) is 7.75. The molecule has 19 heavy (non-hydrogen) atoms. The van der Waals surface area contributed by atoms with Crippen molar-refractivity contribution in [2.75, 3.05) is 39.8 Å². The third kappa shape index (κ3) is 6.70. The summed E-state index contributed by atoms with van der Waals surface area (Å²) < 4.78 is 5.46. The summed E-state index contributed by atoms with van der Waals surface area (Å²) in [5, 5.41) is 9.96. The van der Waals surface area contributed by atoms with Crippen molar-refractivity contribution in [1.82, 2.24) is 9.80 Å². The van der Waals surface area contributed by atoms with E-state index in [1.165, 1.54) is 38.9 Å². The van der Waals surface area contributed by atoms with Gasteiger partial charge in [-0.1, -0.05) is 6.92 Å². The van der Waals surface area contributed by atoms with Gasteiger partial charge in [-0.3, -0.25) is 0 Å². The van der Waals surface area contributed by atoms with Crippen LogP contribution in [0.2, 0.25) is 0 Å². The predicted molar refractivity (Wildman–Crippen MR) is 79.5 cm³/mol. The number of hydrogen-bond donors (Lipinski definition) is 1. The lowest BCUT2D eigenvalue weighted by molar-refractivity contribution is -0.0140. The SMILES string of the molecule is CCCN1CCC(N(C)CC(O)COC(C)C)CC1. The summed E-state index contributed by atoms with van der Waals surface area (Å²) in [6.45, 7) is 11.0. The molecule has 1 saturated heterocycles. The maximum atomic E-state index is 9.96. The second kappa shape index (κ2) is 8.90. The van der Waals surface area contributed by atoms with Crippen molar-refractivity contribution in [3.8, 4) is 0 Å². The Kier molecular flexibility index (Phi) is 7.91. The van der Waals surface area contributed by atoms with Gasteiger partial charge in [0.25, 0.3) is 0 Å². The smallest absolute Gasteiger partial charge is 0.0900 e. The number of ether oxygens (including phenoxy) is 1. The predicted octanol–water partition coefficient (Wildman–Crippen LogP) is 1.58. The molecule has 1 heterocycles. The zero-order valence-corrected chi connectivity index (χ0v) is 13.1. The molecule has 0 saturated carbocycles. The van der Waals surface area contributed by atoms with Crippen LogP contribution in [0.15, 0.2) is 0 Å². The molecule has 0 bridgehead atoms. The second-order valence-corrected chi connectivity index (χ2v) is 6.05. The summed E-state index contributed by atoms with van der Waals surface area (Å²) in [5.74, 6) is 0. The van der Waals surface area contributed by atoms with Crippen LogP contribution in [-0.2, 0) is 4.74 Å². The van der Waals surface area contributed by atoms with Crippen molar-refractivity contribution in [2.24, 2.45) is 0 Å². The number of aliphatic hydroxyl groups is 1. The van der Waals surface area contributed by atoms with E-state index in [4.69, 9.17) is 4.74 Å². The zero-order chi connectivity index (χ0) is 14.3. The van der Waals surface area contributed by atoms with Gasteiger partial charge >= 0.3 is 0 Å². The lowest BCUT2D eigenvalue weighted by Crippen LogP contribution is -2.46. The van der Waals surface area contributed by atoms with Crippen LogP contribution in [0.5, 0.6) is 0 Å².